The summed E-state index contributed by atoms with van der Waals surface area (Å²) in [5.41, 5.74) is 1.35. The predicted octanol–water partition coefficient (Wildman–Crippen LogP) is 3.08. The highest BCUT2D eigenvalue weighted by Gasteiger charge is 2.24. The minimum absolute atomic E-state index is 0.0330. The molecule has 0 radical (unpaired) electrons. The van der Waals surface area contributed by atoms with Crippen LogP contribution in [-0.2, 0) is 9.53 Å². The Balaban J connectivity index is 1.72. The first-order valence-electron chi connectivity index (χ1n) is 11.6. The molecule has 3 rings (SSSR count). The van der Waals surface area contributed by atoms with Crippen molar-refractivity contribution in [3.05, 3.63) is 23.9 Å². The van der Waals surface area contributed by atoms with Crippen LogP contribution in [0.5, 0.6) is 11.5 Å². The summed E-state index contributed by atoms with van der Waals surface area (Å²) in [6, 6.07) is 5.89. The number of methoxy groups -OCH3 is 2. The topological polar surface area (TPSA) is 117 Å². The van der Waals surface area contributed by atoms with Crippen LogP contribution in [0.2, 0.25) is 0 Å². The van der Waals surface area contributed by atoms with Crippen molar-refractivity contribution < 1.29 is 23.8 Å². The van der Waals surface area contributed by atoms with Crippen LogP contribution in [0.25, 0.3) is 10.9 Å². The molecular weight excluding hydrogens is 450 g/mol. The molecule has 0 spiro atoms. The number of fused-ring (bicyclic) bond motifs is 1. The second-order valence-electron chi connectivity index (χ2n) is 9.26. The number of alkyl carbamates (subject to hydrolysis) is 1. The predicted molar refractivity (Wildman–Crippen MR) is 132 cm³/mol. The summed E-state index contributed by atoms with van der Waals surface area (Å²) in [5, 5.41) is 13.2. The molecule has 35 heavy (non-hydrogen) atoms. The van der Waals surface area contributed by atoms with Crippen molar-refractivity contribution in [3.8, 4) is 17.6 Å². The van der Waals surface area contributed by atoms with E-state index in [4.69, 9.17) is 14.2 Å². The number of benzene rings is 1. The summed E-state index contributed by atoms with van der Waals surface area (Å²) >= 11 is 0. The zero-order valence-electron chi connectivity index (χ0n) is 21.0. The number of anilines is 1. The van der Waals surface area contributed by atoms with E-state index in [-0.39, 0.29) is 18.9 Å². The molecule has 10 nitrogen and oxygen atoms in total. The number of nitrogens with one attached hydrogen (secondary N) is 1. The Bertz CT molecular complexity index is 1120. The molecule has 2 heterocycles. The second-order valence-corrected chi connectivity index (χ2v) is 9.26. The molecular formula is C25H33N5O5. The third-order valence-electron chi connectivity index (χ3n) is 5.64. The van der Waals surface area contributed by atoms with E-state index in [9.17, 15) is 14.9 Å². The Morgan fingerprint density at radius 1 is 1.11 bits per heavy atom. The van der Waals surface area contributed by atoms with Crippen LogP contribution < -0.4 is 19.7 Å². The summed E-state index contributed by atoms with van der Waals surface area (Å²) in [6.45, 7) is 7.93. The van der Waals surface area contributed by atoms with Gasteiger partial charge in [-0.3, -0.25) is 9.78 Å². The highest BCUT2D eigenvalue weighted by atomic mass is 16.6. The van der Waals surface area contributed by atoms with E-state index < -0.39 is 11.7 Å². The van der Waals surface area contributed by atoms with Gasteiger partial charge in [-0.2, -0.15) is 5.26 Å². The number of amides is 2. The van der Waals surface area contributed by atoms with Gasteiger partial charge in [0.05, 0.1) is 31.0 Å². The van der Waals surface area contributed by atoms with Crippen molar-refractivity contribution in [1.82, 2.24) is 15.2 Å². The zero-order chi connectivity index (χ0) is 25.6. The van der Waals surface area contributed by atoms with E-state index in [1.54, 1.807) is 52.2 Å². The molecule has 10 heteroatoms. The summed E-state index contributed by atoms with van der Waals surface area (Å²) in [7, 11) is 3.13. The van der Waals surface area contributed by atoms with Crippen molar-refractivity contribution in [3.63, 3.8) is 0 Å². The van der Waals surface area contributed by atoms with E-state index in [0.717, 1.165) is 17.5 Å². The molecule has 2 aromatic rings. The van der Waals surface area contributed by atoms with Gasteiger partial charge in [0, 0.05) is 56.8 Å². The second kappa shape index (κ2) is 11.1. The van der Waals surface area contributed by atoms with Gasteiger partial charge in [0.2, 0.25) is 5.91 Å². The Morgan fingerprint density at radius 3 is 2.49 bits per heavy atom. The number of aromatic nitrogens is 1. The van der Waals surface area contributed by atoms with Gasteiger partial charge in [-0.1, -0.05) is 0 Å². The molecule has 0 bridgehead atoms. The van der Waals surface area contributed by atoms with E-state index in [1.807, 2.05) is 6.07 Å². The fourth-order valence-electron chi connectivity index (χ4n) is 4.06. The SMILES string of the molecule is COc1cc2ncc(C#N)c(N3CCCN(C(=O)CCNC(=O)OC(C)(C)C)CC3)c2cc1OC. The lowest BCUT2D eigenvalue weighted by atomic mass is 10.1. The van der Waals surface area contributed by atoms with E-state index >= 15 is 0 Å². The maximum atomic E-state index is 12.8. The average molecular weight is 484 g/mol. The van der Waals surface area contributed by atoms with Gasteiger partial charge in [0.25, 0.3) is 0 Å². The quantitative estimate of drug-likeness (QED) is 0.666. The lowest BCUT2D eigenvalue weighted by Crippen LogP contribution is -2.38. The van der Waals surface area contributed by atoms with Crippen LogP contribution in [0.15, 0.2) is 18.3 Å². The van der Waals surface area contributed by atoms with Crippen LogP contribution in [0.1, 0.15) is 39.2 Å². The van der Waals surface area contributed by atoms with Crippen LogP contribution >= 0.6 is 0 Å². The standard InChI is InChI=1S/C25H33N5O5/c1-25(2,3)35-24(32)27-8-7-22(31)29-9-6-10-30(12-11-29)23-17(15-26)16-28-19-14-21(34-5)20(33-4)13-18(19)23/h13-14,16H,6-12H2,1-5H3,(H,27,32). The number of nitriles is 1. The van der Waals surface area contributed by atoms with E-state index in [0.29, 0.717) is 48.8 Å². The number of nitrogens with zero attached hydrogens (tertiary/aromatic N) is 4. The van der Waals surface area contributed by atoms with Gasteiger partial charge in [-0.25, -0.2) is 4.79 Å². The molecule has 1 saturated heterocycles. The molecule has 1 aromatic carbocycles. The Morgan fingerprint density at radius 2 is 1.83 bits per heavy atom. The van der Waals surface area contributed by atoms with Crippen molar-refractivity contribution in [2.24, 2.45) is 0 Å². The first kappa shape index (κ1) is 25.9. The molecule has 1 aromatic heterocycles. The van der Waals surface area contributed by atoms with Gasteiger partial charge >= 0.3 is 6.09 Å². The Hall–Kier alpha value is -3.74. The number of pyridine rings is 1. The molecule has 1 aliphatic heterocycles. The first-order valence-corrected chi connectivity index (χ1v) is 11.6. The third kappa shape index (κ3) is 6.44. The first-order chi connectivity index (χ1) is 16.7. The molecule has 1 aliphatic rings. The summed E-state index contributed by atoms with van der Waals surface area (Å²) in [5.74, 6) is 1.09. The highest BCUT2D eigenvalue weighted by Crippen LogP contribution is 2.37. The molecule has 0 aliphatic carbocycles. The van der Waals surface area contributed by atoms with Gasteiger partial charge in [-0.15, -0.1) is 0 Å². The van der Waals surface area contributed by atoms with Crippen LogP contribution in [0, 0.1) is 11.3 Å². The maximum absolute atomic E-state index is 12.8. The molecule has 188 valence electrons. The number of hydrogen-bond donors (Lipinski definition) is 1. The maximum Gasteiger partial charge on any atom is 0.407 e. The van der Waals surface area contributed by atoms with Crippen molar-refractivity contribution in [2.45, 2.75) is 39.2 Å². The van der Waals surface area contributed by atoms with Crippen LogP contribution in [0.4, 0.5) is 10.5 Å². The van der Waals surface area contributed by atoms with Gasteiger partial charge < -0.3 is 29.3 Å². The smallest absolute Gasteiger partial charge is 0.407 e. The minimum atomic E-state index is -0.586. The third-order valence-corrected chi connectivity index (χ3v) is 5.64. The van der Waals surface area contributed by atoms with E-state index in [1.165, 1.54) is 0 Å². The molecule has 2 amide bonds. The zero-order valence-corrected chi connectivity index (χ0v) is 21.0. The van der Waals surface area contributed by atoms with Gasteiger partial charge in [0.1, 0.15) is 11.7 Å². The summed E-state index contributed by atoms with van der Waals surface area (Å²) in [4.78, 5) is 32.9. The molecule has 0 atom stereocenters. The minimum Gasteiger partial charge on any atom is -0.493 e. The van der Waals surface area contributed by atoms with Crippen LogP contribution in [0.3, 0.4) is 0 Å². The van der Waals surface area contributed by atoms with Gasteiger partial charge in [0.15, 0.2) is 11.5 Å². The molecule has 0 saturated carbocycles. The summed E-state index contributed by atoms with van der Waals surface area (Å²) in [6.07, 6.45) is 1.97. The normalized spacial score (nSPS) is 14.2. The van der Waals surface area contributed by atoms with Gasteiger partial charge in [-0.05, 0) is 33.3 Å². The molecule has 1 fully saturated rings. The number of carbonyl (C=O) groups is 2. The lowest BCUT2D eigenvalue weighted by Gasteiger charge is -2.26. The largest absolute Gasteiger partial charge is 0.493 e. The lowest BCUT2D eigenvalue weighted by molar-refractivity contribution is -0.130. The monoisotopic (exact) mass is 483 g/mol. The van der Waals surface area contributed by atoms with Crippen molar-refractivity contribution in [2.75, 3.05) is 51.8 Å². The number of ether oxygens (including phenoxy) is 3. The highest BCUT2D eigenvalue weighted by molar-refractivity contribution is 5.96. The number of hydrogen-bond acceptors (Lipinski definition) is 8. The number of carbonyl (C=O) groups excluding carboxylic acids is 2. The average Bonchev–Trinajstić information content (AvgIpc) is 3.07. The number of rotatable bonds is 6. The fourth-order valence-corrected chi connectivity index (χ4v) is 4.06. The van der Waals surface area contributed by atoms with Crippen molar-refractivity contribution >= 4 is 28.6 Å². The van der Waals surface area contributed by atoms with E-state index in [2.05, 4.69) is 21.3 Å². The van der Waals surface area contributed by atoms with Crippen molar-refractivity contribution in [1.29, 1.82) is 5.26 Å². The Labute approximate surface area is 205 Å². The Kier molecular flexibility index (Phi) is 8.22. The summed E-state index contributed by atoms with van der Waals surface area (Å²) < 4.78 is 16.1. The van der Waals surface area contributed by atoms with Crippen LogP contribution in [-0.4, -0.2) is 74.4 Å². The fraction of sp³-hybridized carbons (Fsp3) is 0.520. The molecule has 0 unspecified atom stereocenters. The molecule has 1 N–H and O–H groups in total.